The summed E-state index contributed by atoms with van der Waals surface area (Å²) in [6, 6.07) is 16.6. The number of benzene rings is 2. The number of aromatic nitrogens is 2. The second-order valence-electron chi connectivity index (χ2n) is 6.41. The van der Waals surface area contributed by atoms with E-state index >= 15 is 0 Å². The highest BCUT2D eigenvalue weighted by Crippen LogP contribution is 2.24. The molecule has 29 heavy (non-hydrogen) atoms. The fourth-order valence-corrected chi connectivity index (χ4v) is 3.80. The lowest BCUT2D eigenvalue weighted by atomic mass is 10.1. The number of amides is 2. The van der Waals surface area contributed by atoms with Crippen molar-refractivity contribution in [2.24, 2.45) is 0 Å². The van der Waals surface area contributed by atoms with Crippen LogP contribution < -0.4 is 16.2 Å². The molecular formula is C21H22N4O3S. The standard InChI is InChI=1S/C21H22N4O3S/c1-14(15-8-4-3-5-9-15)25-20(28)16-10-6-7-11-17(16)24-21(25)29-13-19(27)23-12-18(26)22-2/h3-11,14H,12-13H2,1-2H3,(H,22,26)(H,23,27)/t14-/m0/s1. The summed E-state index contributed by atoms with van der Waals surface area (Å²) in [5, 5.41) is 5.98. The Hall–Kier alpha value is -3.13. The average molecular weight is 410 g/mol. The average Bonchev–Trinajstić information content (AvgIpc) is 2.76. The minimum absolute atomic E-state index is 0.0449. The fraction of sp³-hybridized carbons (Fsp3) is 0.238. The van der Waals surface area contributed by atoms with Crippen LogP contribution in [0.25, 0.3) is 10.9 Å². The molecule has 0 radical (unpaired) electrons. The van der Waals surface area contributed by atoms with Gasteiger partial charge in [-0.1, -0.05) is 54.2 Å². The van der Waals surface area contributed by atoms with E-state index in [1.165, 1.54) is 18.8 Å². The maximum absolute atomic E-state index is 13.2. The summed E-state index contributed by atoms with van der Waals surface area (Å²) in [6.07, 6.45) is 0. The first-order valence-corrected chi connectivity index (χ1v) is 10.2. The highest BCUT2D eigenvalue weighted by molar-refractivity contribution is 7.99. The lowest BCUT2D eigenvalue weighted by Crippen LogP contribution is -2.36. The summed E-state index contributed by atoms with van der Waals surface area (Å²) in [6.45, 7) is 1.84. The Morgan fingerprint density at radius 1 is 1.07 bits per heavy atom. The van der Waals surface area contributed by atoms with E-state index in [0.29, 0.717) is 16.1 Å². The van der Waals surface area contributed by atoms with Gasteiger partial charge in [-0.25, -0.2) is 4.98 Å². The molecule has 7 nitrogen and oxygen atoms in total. The molecule has 1 atom stereocenters. The number of rotatable bonds is 7. The van der Waals surface area contributed by atoms with Gasteiger partial charge in [0.25, 0.3) is 5.56 Å². The molecule has 0 unspecified atom stereocenters. The van der Waals surface area contributed by atoms with E-state index in [-0.39, 0.29) is 35.7 Å². The smallest absolute Gasteiger partial charge is 0.262 e. The number of hydrogen-bond donors (Lipinski definition) is 2. The maximum Gasteiger partial charge on any atom is 0.262 e. The van der Waals surface area contributed by atoms with Gasteiger partial charge in [0.15, 0.2) is 5.16 Å². The monoisotopic (exact) mass is 410 g/mol. The molecule has 2 amide bonds. The molecule has 150 valence electrons. The highest BCUT2D eigenvalue weighted by Gasteiger charge is 2.18. The normalized spacial score (nSPS) is 11.8. The van der Waals surface area contributed by atoms with Crippen molar-refractivity contribution in [3.8, 4) is 0 Å². The molecule has 0 saturated carbocycles. The van der Waals surface area contributed by atoms with Crippen LogP contribution in [0.4, 0.5) is 0 Å². The number of fused-ring (bicyclic) bond motifs is 1. The molecule has 3 rings (SSSR count). The van der Waals surface area contributed by atoms with Crippen molar-refractivity contribution in [1.29, 1.82) is 0 Å². The second-order valence-corrected chi connectivity index (χ2v) is 7.35. The summed E-state index contributed by atoms with van der Waals surface area (Å²) in [5.74, 6) is -0.537. The second kappa shape index (κ2) is 9.38. The van der Waals surface area contributed by atoms with Crippen LogP contribution in [0.1, 0.15) is 18.5 Å². The van der Waals surface area contributed by atoms with Crippen molar-refractivity contribution in [3.05, 3.63) is 70.5 Å². The lowest BCUT2D eigenvalue weighted by molar-refractivity contribution is -0.124. The third-order valence-electron chi connectivity index (χ3n) is 4.50. The Balaban J connectivity index is 1.93. The summed E-state index contributed by atoms with van der Waals surface area (Å²) in [4.78, 5) is 41.3. The molecule has 8 heteroatoms. The van der Waals surface area contributed by atoms with Crippen LogP contribution in [0.3, 0.4) is 0 Å². The molecule has 2 N–H and O–H groups in total. The molecule has 1 heterocycles. The molecule has 0 aliphatic carbocycles. The van der Waals surface area contributed by atoms with E-state index in [1.54, 1.807) is 16.7 Å². The minimum atomic E-state index is -0.306. The van der Waals surface area contributed by atoms with E-state index in [4.69, 9.17) is 0 Å². The Morgan fingerprint density at radius 2 is 1.76 bits per heavy atom. The van der Waals surface area contributed by atoms with Crippen molar-refractivity contribution in [2.75, 3.05) is 19.3 Å². The number of likely N-dealkylation sites (N-methyl/N-ethyl adjacent to an activating group) is 1. The zero-order valence-corrected chi connectivity index (χ0v) is 17.0. The number of hydrogen-bond acceptors (Lipinski definition) is 5. The summed E-state index contributed by atoms with van der Waals surface area (Å²) < 4.78 is 1.62. The van der Waals surface area contributed by atoms with Crippen LogP contribution >= 0.6 is 11.8 Å². The van der Waals surface area contributed by atoms with Gasteiger partial charge in [0.1, 0.15) is 0 Å². The molecule has 0 fully saturated rings. The van der Waals surface area contributed by atoms with Crippen molar-refractivity contribution in [3.63, 3.8) is 0 Å². The fourth-order valence-electron chi connectivity index (χ4n) is 2.90. The van der Waals surface area contributed by atoms with Crippen molar-refractivity contribution >= 4 is 34.5 Å². The zero-order valence-electron chi connectivity index (χ0n) is 16.2. The van der Waals surface area contributed by atoms with Crippen LogP contribution in [-0.2, 0) is 9.59 Å². The number of nitrogens with zero attached hydrogens (tertiary/aromatic N) is 2. The molecular weight excluding hydrogens is 388 g/mol. The van der Waals surface area contributed by atoms with Crippen LogP contribution in [-0.4, -0.2) is 40.7 Å². The summed E-state index contributed by atoms with van der Waals surface area (Å²) in [5.41, 5.74) is 1.40. The van der Waals surface area contributed by atoms with Crippen molar-refractivity contribution in [2.45, 2.75) is 18.1 Å². The van der Waals surface area contributed by atoms with Crippen LogP contribution in [0.5, 0.6) is 0 Å². The molecule has 3 aromatic rings. The van der Waals surface area contributed by atoms with Crippen molar-refractivity contribution in [1.82, 2.24) is 20.2 Å². The molecule has 0 spiro atoms. The third-order valence-corrected chi connectivity index (χ3v) is 5.45. The van der Waals surface area contributed by atoms with Crippen LogP contribution in [0, 0.1) is 0 Å². The SMILES string of the molecule is CNC(=O)CNC(=O)CSc1nc2ccccc2c(=O)n1[C@@H](C)c1ccccc1. The third kappa shape index (κ3) is 4.83. The molecule has 0 aliphatic rings. The van der Waals surface area contributed by atoms with Gasteiger partial charge in [-0.2, -0.15) is 0 Å². The van der Waals surface area contributed by atoms with E-state index in [0.717, 1.165) is 5.56 Å². The summed E-state index contributed by atoms with van der Waals surface area (Å²) in [7, 11) is 1.51. The molecule has 2 aromatic carbocycles. The van der Waals surface area contributed by atoms with Crippen LogP contribution in [0.2, 0.25) is 0 Å². The Kier molecular flexibility index (Phi) is 6.66. The number of carbonyl (C=O) groups is 2. The molecule has 0 aliphatic heterocycles. The van der Waals surface area contributed by atoms with Gasteiger partial charge < -0.3 is 10.6 Å². The first-order chi connectivity index (χ1) is 14.0. The first-order valence-electron chi connectivity index (χ1n) is 9.17. The van der Waals surface area contributed by atoms with E-state index < -0.39 is 0 Å². The Labute approximate surface area is 172 Å². The largest absolute Gasteiger partial charge is 0.358 e. The van der Waals surface area contributed by atoms with Crippen molar-refractivity contribution < 1.29 is 9.59 Å². The van der Waals surface area contributed by atoms with Gasteiger partial charge in [-0.05, 0) is 24.6 Å². The first kappa shape index (κ1) is 20.6. The predicted molar refractivity (Wildman–Crippen MR) is 114 cm³/mol. The highest BCUT2D eigenvalue weighted by atomic mass is 32.2. The van der Waals surface area contributed by atoms with Crippen LogP contribution in [0.15, 0.2) is 64.5 Å². The zero-order chi connectivity index (χ0) is 20.8. The van der Waals surface area contributed by atoms with Gasteiger partial charge in [-0.15, -0.1) is 0 Å². The van der Waals surface area contributed by atoms with Gasteiger partial charge in [0, 0.05) is 7.05 Å². The van der Waals surface area contributed by atoms with E-state index in [1.807, 2.05) is 49.4 Å². The van der Waals surface area contributed by atoms with Gasteiger partial charge >= 0.3 is 0 Å². The Morgan fingerprint density at radius 3 is 2.48 bits per heavy atom. The lowest BCUT2D eigenvalue weighted by Gasteiger charge is -2.20. The number of nitrogens with one attached hydrogen (secondary N) is 2. The van der Waals surface area contributed by atoms with E-state index in [2.05, 4.69) is 15.6 Å². The Bertz CT molecular complexity index is 1080. The molecule has 0 bridgehead atoms. The van der Waals surface area contributed by atoms with Gasteiger partial charge in [0.2, 0.25) is 11.8 Å². The topological polar surface area (TPSA) is 93.1 Å². The minimum Gasteiger partial charge on any atom is -0.358 e. The molecule has 0 saturated heterocycles. The van der Waals surface area contributed by atoms with E-state index in [9.17, 15) is 14.4 Å². The van der Waals surface area contributed by atoms with Gasteiger partial charge in [0.05, 0.1) is 29.2 Å². The predicted octanol–water partition coefficient (Wildman–Crippen LogP) is 1.96. The summed E-state index contributed by atoms with van der Waals surface area (Å²) >= 11 is 1.17. The van der Waals surface area contributed by atoms with Gasteiger partial charge in [-0.3, -0.25) is 19.0 Å². The quantitative estimate of drug-likeness (QED) is 0.459. The number of carbonyl (C=O) groups excluding carboxylic acids is 2. The number of thioether (sulfide) groups is 1. The number of para-hydroxylation sites is 1. The maximum atomic E-state index is 13.2. The molecule has 1 aromatic heterocycles.